The minimum absolute atomic E-state index is 0.0557. The third-order valence-electron chi connectivity index (χ3n) is 2.44. The Hall–Kier alpha value is -2.63. The number of hydrogen-bond acceptors (Lipinski definition) is 5. The first kappa shape index (κ1) is 12.8. The number of ether oxygens (including phenoxy) is 1. The molecule has 0 aliphatic rings. The van der Waals surface area contributed by atoms with Crippen LogP contribution in [0, 0.1) is 0 Å². The van der Waals surface area contributed by atoms with Crippen LogP contribution in [-0.4, -0.2) is 18.0 Å². The lowest BCUT2D eigenvalue weighted by molar-refractivity contribution is 0.0920. The molecule has 1 N–H and O–H groups in total. The summed E-state index contributed by atoms with van der Waals surface area (Å²) in [6.07, 6.45) is 4.38. The predicted molar refractivity (Wildman–Crippen MR) is 66.9 cm³/mol. The fourth-order valence-corrected chi connectivity index (χ4v) is 1.44. The number of carbonyl (C=O) groups excluding carboxylic acids is 1. The Labute approximate surface area is 109 Å². The summed E-state index contributed by atoms with van der Waals surface area (Å²) in [6, 6.07) is 4.66. The quantitative estimate of drug-likeness (QED) is 0.886. The first-order valence-electron chi connectivity index (χ1n) is 5.54. The van der Waals surface area contributed by atoms with E-state index < -0.39 is 11.3 Å². The number of methoxy groups -OCH3 is 1. The summed E-state index contributed by atoms with van der Waals surface area (Å²) in [5.74, 6) is -0.456. The molecule has 6 heteroatoms. The number of rotatable bonds is 4. The van der Waals surface area contributed by atoms with Gasteiger partial charge in [0.15, 0.2) is 5.76 Å². The lowest BCUT2D eigenvalue weighted by atomic mass is 10.2. The Morgan fingerprint density at radius 2 is 2.16 bits per heavy atom. The van der Waals surface area contributed by atoms with Crippen LogP contribution in [0.1, 0.15) is 16.1 Å². The van der Waals surface area contributed by atoms with E-state index in [1.165, 1.54) is 7.11 Å². The van der Waals surface area contributed by atoms with E-state index in [0.29, 0.717) is 6.54 Å². The van der Waals surface area contributed by atoms with Crippen LogP contribution in [0.5, 0.6) is 5.75 Å². The van der Waals surface area contributed by atoms with E-state index in [1.54, 1.807) is 24.5 Å². The molecule has 0 aliphatic carbocycles. The second kappa shape index (κ2) is 5.81. The monoisotopic (exact) mass is 260 g/mol. The SMILES string of the molecule is COc1coc(C(=O)NCc2ccncc2)cc1=O. The first-order chi connectivity index (χ1) is 9.20. The fraction of sp³-hybridized carbons (Fsp3) is 0.154. The van der Waals surface area contributed by atoms with Crippen LogP contribution >= 0.6 is 0 Å². The van der Waals surface area contributed by atoms with Crippen LogP contribution < -0.4 is 15.5 Å². The molecule has 0 fully saturated rings. The highest BCUT2D eigenvalue weighted by Gasteiger charge is 2.11. The topological polar surface area (TPSA) is 81.4 Å². The summed E-state index contributed by atoms with van der Waals surface area (Å²) in [5.41, 5.74) is 0.502. The molecule has 2 aromatic heterocycles. The van der Waals surface area contributed by atoms with E-state index in [0.717, 1.165) is 17.9 Å². The van der Waals surface area contributed by atoms with E-state index in [9.17, 15) is 9.59 Å². The van der Waals surface area contributed by atoms with Crippen LogP contribution in [0.15, 0.2) is 46.1 Å². The van der Waals surface area contributed by atoms with Crippen molar-refractivity contribution in [3.05, 3.63) is 58.4 Å². The Balaban J connectivity index is 2.04. The molecule has 0 radical (unpaired) electrons. The second-order valence-electron chi connectivity index (χ2n) is 3.72. The number of hydrogen-bond donors (Lipinski definition) is 1. The van der Waals surface area contributed by atoms with Gasteiger partial charge in [-0.2, -0.15) is 0 Å². The van der Waals surface area contributed by atoms with Gasteiger partial charge in [0.1, 0.15) is 6.26 Å². The van der Waals surface area contributed by atoms with E-state index in [2.05, 4.69) is 10.3 Å². The summed E-state index contributed by atoms with van der Waals surface area (Å²) in [4.78, 5) is 27.1. The summed E-state index contributed by atoms with van der Waals surface area (Å²) in [6.45, 7) is 0.330. The van der Waals surface area contributed by atoms with Crippen LogP contribution in [0.3, 0.4) is 0 Å². The maximum absolute atomic E-state index is 11.8. The Morgan fingerprint density at radius 3 is 2.79 bits per heavy atom. The zero-order valence-corrected chi connectivity index (χ0v) is 10.3. The molecule has 0 saturated carbocycles. The van der Waals surface area contributed by atoms with Crippen molar-refractivity contribution in [2.45, 2.75) is 6.54 Å². The molecule has 6 nitrogen and oxygen atoms in total. The average molecular weight is 260 g/mol. The third kappa shape index (κ3) is 3.19. The second-order valence-corrected chi connectivity index (χ2v) is 3.72. The average Bonchev–Trinajstić information content (AvgIpc) is 2.45. The molecular weight excluding hydrogens is 248 g/mol. The summed E-state index contributed by atoms with van der Waals surface area (Å²) >= 11 is 0. The van der Waals surface area contributed by atoms with Gasteiger partial charge in [-0.1, -0.05) is 0 Å². The molecular formula is C13H12N2O4. The van der Waals surface area contributed by atoms with Crippen molar-refractivity contribution in [3.8, 4) is 5.75 Å². The maximum Gasteiger partial charge on any atom is 0.287 e. The summed E-state index contributed by atoms with van der Waals surface area (Å²) < 4.78 is 9.80. The Bertz CT molecular complexity index is 622. The first-order valence-corrected chi connectivity index (χ1v) is 5.54. The van der Waals surface area contributed by atoms with Crippen molar-refractivity contribution in [2.75, 3.05) is 7.11 Å². The zero-order valence-electron chi connectivity index (χ0n) is 10.3. The van der Waals surface area contributed by atoms with Crippen LogP contribution in [-0.2, 0) is 6.54 Å². The molecule has 0 aliphatic heterocycles. The standard InChI is InChI=1S/C13H12N2O4/c1-18-12-8-19-11(6-10(12)16)13(17)15-7-9-2-4-14-5-3-9/h2-6,8H,7H2,1H3,(H,15,17). The lowest BCUT2D eigenvalue weighted by Crippen LogP contribution is -2.24. The molecule has 2 heterocycles. The minimum atomic E-state index is -0.462. The Morgan fingerprint density at radius 1 is 1.42 bits per heavy atom. The van der Waals surface area contributed by atoms with Crippen LogP contribution in [0.25, 0.3) is 0 Å². The van der Waals surface area contributed by atoms with Gasteiger partial charge in [0.2, 0.25) is 11.2 Å². The predicted octanol–water partition coefficient (Wildman–Crippen LogP) is 0.973. The van der Waals surface area contributed by atoms with Crippen molar-refractivity contribution < 1.29 is 13.9 Å². The van der Waals surface area contributed by atoms with Crippen molar-refractivity contribution in [3.63, 3.8) is 0 Å². The summed E-state index contributed by atoms with van der Waals surface area (Å²) in [7, 11) is 1.36. The summed E-state index contributed by atoms with van der Waals surface area (Å²) in [5, 5.41) is 2.64. The molecule has 0 saturated heterocycles. The molecule has 98 valence electrons. The van der Waals surface area contributed by atoms with Crippen LogP contribution in [0.4, 0.5) is 0 Å². The van der Waals surface area contributed by atoms with E-state index >= 15 is 0 Å². The van der Waals surface area contributed by atoms with Gasteiger partial charge in [-0.25, -0.2) is 0 Å². The third-order valence-corrected chi connectivity index (χ3v) is 2.44. The van der Waals surface area contributed by atoms with E-state index in [4.69, 9.17) is 9.15 Å². The van der Waals surface area contributed by atoms with Crippen molar-refractivity contribution in [1.29, 1.82) is 0 Å². The minimum Gasteiger partial charge on any atom is -0.490 e. The molecule has 0 atom stereocenters. The van der Waals surface area contributed by atoms with Gasteiger partial charge in [0.05, 0.1) is 7.11 Å². The molecule has 2 aromatic rings. The number of pyridine rings is 1. The normalized spacial score (nSPS) is 9.95. The largest absolute Gasteiger partial charge is 0.490 e. The van der Waals surface area contributed by atoms with Gasteiger partial charge in [0, 0.05) is 25.0 Å². The van der Waals surface area contributed by atoms with Crippen LogP contribution in [0.2, 0.25) is 0 Å². The van der Waals surface area contributed by atoms with E-state index in [1.807, 2.05) is 0 Å². The molecule has 2 rings (SSSR count). The fourth-order valence-electron chi connectivity index (χ4n) is 1.44. The highest BCUT2D eigenvalue weighted by molar-refractivity contribution is 5.91. The number of aromatic nitrogens is 1. The van der Waals surface area contributed by atoms with Gasteiger partial charge < -0.3 is 14.5 Å². The molecule has 0 spiro atoms. The highest BCUT2D eigenvalue weighted by atomic mass is 16.5. The number of amides is 1. The molecule has 19 heavy (non-hydrogen) atoms. The maximum atomic E-state index is 11.8. The smallest absolute Gasteiger partial charge is 0.287 e. The highest BCUT2D eigenvalue weighted by Crippen LogP contribution is 2.05. The van der Waals surface area contributed by atoms with Gasteiger partial charge in [-0.05, 0) is 17.7 Å². The molecule has 0 aromatic carbocycles. The van der Waals surface area contributed by atoms with Gasteiger partial charge in [-0.15, -0.1) is 0 Å². The van der Waals surface area contributed by atoms with Crippen molar-refractivity contribution >= 4 is 5.91 Å². The Kier molecular flexibility index (Phi) is 3.92. The van der Waals surface area contributed by atoms with Gasteiger partial charge in [0.25, 0.3) is 5.91 Å². The van der Waals surface area contributed by atoms with E-state index in [-0.39, 0.29) is 11.5 Å². The van der Waals surface area contributed by atoms with Crippen molar-refractivity contribution in [1.82, 2.24) is 10.3 Å². The van der Waals surface area contributed by atoms with Gasteiger partial charge >= 0.3 is 0 Å². The molecule has 0 unspecified atom stereocenters. The molecule has 1 amide bonds. The van der Waals surface area contributed by atoms with Crippen molar-refractivity contribution in [2.24, 2.45) is 0 Å². The van der Waals surface area contributed by atoms with Gasteiger partial charge in [-0.3, -0.25) is 14.6 Å². The number of carbonyl (C=O) groups is 1. The lowest BCUT2D eigenvalue weighted by Gasteiger charge is -2.04. The number of nitrogens with one attached hydrogen (secondary N) is 1. The number of nitrogens with zero attached hydrogens (tertiary/aromatic N) is 1. The zero-order chi connectivity index (χ0) is 13.7. The molecule has 0 bridgehead atoms.